The number of hydrogen-bond acceptors (Lipinski definition) is 2. The summed E-state index contributed by atoms with van der Waals surface area (Å²) < 4.78 is 10.9. The molecule has 0 aliphatic carbocycles. The molecule has 2 atom stereocenters. The Morgan fingerprint density at radius 3 is 1.62 bits per heavy atom. The zero-order valence-electron chi connectivity index (χ0n) is 10.2. The standard InChI is InChI=1S/C12H22Cl2O2/c1-4-15-11(8-13)6-10(3)7-12(9-14)16-5-2/h11-12H,3-9H2,1-2H3. The highest BCUT2D eigenvalue weighted by Gasteiger charge is 2.13. The van der Waals surface area contributed by atoms with E-state index in [1.54, 1.807) is 0 Å². The lowest BCUT2D eigenvalue weighted by Crippen LogP contribution is -2.19. The zero-order chi connectivity index (χ0) is 12.4. The first-order valence-corrected chi connectivity index (χ1v) is 6.76. The van der Waals surface area contributed by atoms with Crippen LogP contribution >= 0.6 is 23.2 Å². The Morgan fingerprint density at radius 2 is 1.38 bits per heavy atom. The maximum Gasteiger partial charge on any atom is 0.0747 e. The van der Waals surface area contributed by atoms with Crippen LogP contribution in [0.25, 0.3) is 0 Å². The minimum absolute atomic E-state index is 0.0526. The summed E-state index contributed by atoms with van der Waals surface area (Å²) in [7, 11) is 0. The van der Waals surface area contributed by atoms with Gasteiger partial charge < -0.3 is 9.47 Å². The van der Waals surface area contributed by atoms with Gasteiger partial charge in [-0.2, -0.15) is 0 Å². The topological polar surface area (TPSA) is 18.5 Å². The van der Waals surface area contributed by atoms with Gasteiger partial charge in [0.25, 0.3) is 0 Å². The lowest BCUT2D eigenvalue weighted by Gasteiger charge is -2.19. The predicted octanol–water partition coefficient (Wildman–Crippen LogP) is 3.61. The largest absolute Gasteiger partial charge is 0.377 e. The molecule has 16 heavy (non-hydrogen) atoms. The van der Waals surface area contributed by atoms with Crippen molar-refractivity contribution in [3.63, 3.8) is 0 Å². The summed E-state index contributed by atoms with van der Waals surface area (Å²) >= 11 is 11.6. The van der Waals surface area contributed by atoms with Gasteiger partial charge in [-0.3, -0.25) is 0 Å². The summed E-state index contributed by atoms with van der Waals surface area (Å²) in [6.45, 7) is 9.29. The Balaban J connectivity index is 3.93. The van der Waals surface area contributed by atoms with Crippen LogP contribution < -0.4 is 0 Å². The summed E-state index contributed by atoms with van der Waals surface area (Å²) in [5, 5.41) is 0. The van der Waals surface area contributed by atoms with E-state index in [0.717, 1.165) is 18.4 Å². The number of halogens is 2. The second-order valence-corrected chi connectivity index (χ2v) is 4.24. The van der Waals surface area contributed by atoms with Gasteiger partial charge in [-0.15, -0.1) is 23.2 Å². The van der Waals surface area contributed by atoms with E-state index in [9.17, 15) is 0 Å². The van der Waals surface area contributed by atoms with Crippen molar-refractivity contribution in [2.24, 2.45) is 0 Å². The van der Waals surface area contributed by atoms with Gasteiger partial charge >= 0.3 is 0 Å². The van der Waals surface area contributed by atoms with Crippen molar-refractivity contribution in [1.29, 1.82) is 0 Å². The molecule has 0 aliphatic rings. The van der Waals surface area contributed by atoms with E-state index in [1.165, 1.54) is 0 Å². The Bertz CT molecular complexity index is 168. The first-order chi connectivity index (χ1) is 7.67. The predicted molar refractivity (Wildman–Crippen MR) is 70.6 cm³/mol. The lowest BCUT2D eigenvalue weighted by atomic mass is 10.0. The van der Waals surface area contributed by atoms with Crippen molar-refractivity contribution in [3.8, 4) is 0 Å². The maximum atomic E-state index is 5.80. The Kier molecular flexibility index (Phi) is 10.6. The van der Waals surface area contributed by atoms with Crippen molar-refractivity contribution in [2.75, 3.05) is 25.0 Å². The maximum absolute atomic E-state index is 5.80. The van der Waals surface area contributed by atoms with Crippen molar-refractivity contribution >= 4 is 23.2 Å². The number of rotatable bonds is 10. The molecular formula is C12H22Cl2O2. The monoisotopic (exact) mass is 268 g/mol. The highest BCUT2D eigenvalue weighted by molar-refractivity contribution is 6.18. The summed E-state index contributed by atoms with van der Waals surface area (Å²) in [6, 6.07) is 0. The minimum atomic E-state index is 0.0526. The average molecular weight is 269 g/mol. The summed E-state index contributed by atoms with van der Waals surface area (Å²) in [6.07, 6.45) is 1.66. The van der Waals surface area contributed by atoms with Gasteiger partial charge in [0.1, 0.15) is 0 Å². The van der Waals surface area contributed by atoms with Gasteiger partial charge in [0, 0.05) is 25.0 Å². The smallest absolute Gasteiger partial charge is 0.0747 e. The van der Waals surface area contributed by atoms with Crippen LogP contribution in [-0.2, 0) is 9.47 Å². The van der Waals surface area contributed by atoms with Crippen LogP contribution in [0.5, 0.6) is 0 Å². The molecule has 4 heteroatoms. The number of hydrogen-bond donors (Lipinski definition) is 0. The van der Waals surface area contributed by atoms with E-state index in [1.807, 2.05) is 13.8 Å². The summed E-state index contributed by atoms with van der Waals surface area (Å²) in [5.74, 6) is 0.986. The fourth-order valence-corrected chi connectivity index (χ4v) is 1.91. The van der Waals surface area contributed by atoms with Crippen LogP contribution in [0.15, 0.2) is 12.2 Å². The van der Waals surface area contributed by atoms with Gasteiger partial charge in [-0.25, -0.2) is 0 Å². The molecule has 0 N–H and O–H groups in total. The summed E-state index contributed by atoms with van der Waals surface area (Å²) in [5.41, 5.74) is 1.08. The van der Waals surface area contributed by atoms with E-state index in [4.69, 9.17) is 32.7 Å². The van der Waals surface area contributed by atoms with Gasteiger partial charge in [0.15, 0.2) is 0 Å². The van der Waals surface area contributed by atoms with E-state index in [2.05, 4.69) is 6.58 Å². The molecule has 0 amide bonds. The highest BCUT2D eigenvalue weighted by Crippen LogP contribution is 2.16. The van der Waals surface area contributed by atoms with Crippen LogP contribution in [0.3, 0.4) is 0 Å². The third-order valence-corrected chi connectivity index (χ3v) is 2.87. The van der Waals surface area contributed by atoms with Crippen LogP contribution in [-0.4, -0.2) is 37.2 Å². The third-order valence-electron chi connectivity index (χ3n) is 2.18. The second kappa shape index (κ2) is 10.4. The van der Waals surface area contributed by atoms with Crippen molar-refractivity contribution in [1.82, 2.24) is 0 Å². The van der Waals surface area contributed by atoms with Crippen molar-refractivity contribution in [3.05, 3.63) is 12.2 Å². The van der Waals surface area contributed by atoms with Gasteiger partial charge in [-0.1, -0.05) is 12.2 Å². The Labute approximate surface area is 109 Å². The van der Waals surface area contributed by atoms with E-state index in [-0.39, 0.29) is 12.2 Å². The molecule has 0 saturated heterocycles. The van der Waals surface area contributed by atoms with E-state index < -0.39 is 0 Å². The molecule has 0 bridgehead atoms. The van der Waals surface area contributed by atoms with Crippen LogP contribution in [0, 0.1) is 0 Å². The van der Waals surface area contributed by atoms with Gasteiger partial charge in [-0.05, 0) is 26.7 Å². The third kappa shape index (κ3) is 7.50. The average Bonchev–Trinajstić information content (AvgIpc) is 2.27. The summed E-state index contributed by atoms with van der Waals surface area (Å²) in [4.78, 5) is 0. The second-order valence-electron chi connectivity index (χ2n) is 3.62. The molecule has 0 aromatic rings. The zero-order valence-corrected chi connectivity index (χ0v) is 11.7. The molecule has 0 spiro atoms. The van der Waals surface area contributed by atoms with Crippen LogP contribution in [0.4, 0.5) is 0 Å². The minimum Gasteiger partial charge on any atom is -0.377 e. The molecule has 0 aromatic heterocycles. The Hall–Kier alpha value is 0.240. The first-order valence-electron chi connectivity index (χ1n) is 5.69. The van der Waals surface area contributed by atoms with E-state index in [0.29, 0.717) is 25.0 Å². The molecular weight excluding hydrogens is 247 g/mol. The van der Waals surface area contributed by atoms with Crippen LogP contribution in [0.1, 0.15) is 26.7 Å². The number of alkyl halides is 2. The number of ether oxygens (including phenoxy) is 2. The van der Waals surface area contributed by atoms with Crippen molar-refractivity contribution in [2.45, 2.75) is 38.9 Å². The Morgan fingerprint density at radius 1 is 1.00 bits per heavy atom. The van der Waals surface area contributed by atoms with E-state index >= 15 is 0 Å². The molecule has 2 unspecified atom stereocenters. The van der Waals surface area contributed by atoms with Crippen LogP contribution in [0.2, 0.25) is 0 Å². The quantitative estimate of drug-likeness (QED) is 0.445. The molecule has 0 aromatic carbocycles. The fourth-order valence-electron chi connectivity index (χ4n) is 1.51. The first kappa shape index (κ1) is 16.2. The molecule has 96 valence electrons. The molecule has 0 fully saturated rings. The normalized spacial score (nSPS) is 14.8. The molecule has 0 aliphatic heterocycles. The lowest BCUT2D eigenvalue weighted by molar-refractivity contribution is 0.0664. The SMILES string of the molecule is C=C(CC(CCl)OCC)CC(CCl)OCC. The molecule has 0 heterocycles. The van der Waals surface area contributed by atoms with Crippen molar-refractivity contribution < 1.29 is 9.47 Å². The highest BCUT2D eigenvalue weighted by atomic mass is 35.5. The molecule has 0 saturated carbocycles. The molecule has 2 nitrogen and oxygen atoms in total. The fraction of sp³-hybridized carbons (Fsp3) is 0.833. The van der Waals surface area contributed by atoms with Gasteiger partial charge in [0.05, 0.1) is 12.2 Å². The van der Waals surface area contributed by atoms with Gasteiger partial charge in [0.2, 0.25) is 0 Å². The molecule has 0 rings (SSSR count). The molecule has 0 radical (unpaired) electrons.